The molecule has 3 aromatic rings. The van der Waals surface area contributed by atoms with E-state index in [1.54, 1.807) is 37.8 Å². The fraction of sp³-hybridized carbons (Fsp3) is 0.105. The van der Waals surface area contributed by atoms with Crippen LogP contribution in [0.5, 0.6) is 5.75 Å². The van der Waals surface area contributed by atoms with Crippen molar-refractivity contribution in [2.24, 2.45) is 0 Å². The normalized spacial score (nSPS) is 10.4. The first kappa shape index (κ1) is 17.8. The van der Waals surface area contributed by atoms with Crippen molar-refractivity contribution in [3.8, 4) is 16.9 Å². The fourth-order valence-electron chi connectivity index (χ4n) is 2.43. The van der Waals surface area contributed by atoms with Gasteiger partial charge in [0.1, 0.15) is 17.3 Å². The van der Waals surface area contributed by atoms with E-state index in [1.165, 1.54) is 12.3 Å². The standard InChI is InChI=1S/C19H16ClFN4O/c1-26-15-4-12(8-23-11-15)9-24-18-6-14(10-25-19(18)7-22)13-2-3-17(21)16(20)5-13/h2-8,10-11,22,24H,9H2,1H3. The van der Waals surface area contributed by atoms with Gasteiger partial charge in [-0.25, -0.2) is 4.39 Å². The number of methoxy groups -OCH3 is 1. The van der Waals surface area contributed by atoms with Gasteiger partial charge in [-0.3, -0.25) is 9.97 Å². The van der Waals surface area contributed by atoms with Crippen LogP contribution in [0.4, 0.5) is 10.1 Å². The van der Waals surface area contributed by atoms with Gasteiger partial charge in [0.05, 0.1) is 24.0 Å². The van der Waals surface area contributed by atoms with E-state index in [0.717, 1.165) is 16.7 Å². The fourth-order valence-corrected chi connectivity index (χ4v) is 2.62. The summed E-state index contributed by atoms with van der Waals surface area (Å²) in [7, 11) is 1.59. The summed E-state index contributed by atoms with van der Waals surface area (Å²) >= 11 is 5.87. The second kappa shape index (κ2) is 7.93. The maximum Gasteiger partial charge on any atom is 0.141 e. The molecule has 3 rings (SSSR count). The Morgan fingerprint density at radius 3 is 2.77 bits per heavy atom. The van der Waals surface area contributed by atoms with E-state index in [1.807, 2.05) is 12.1 Å². The molecule has 26 heavy (non-hydrogen) atoms. The average molecular weight is 371 g/mol. The number of anilines is 1. The molecule has 0 saturated carbocycles. The van der Waals surface area contributed by atoms with Crippen molar-refractivity contribution in [1.29, 1.82) is 5.41 Å². The van der Waals surface area contributed by atoms with E-state index in [2.05, 4.69) is 15.3 Å². The van der Waals surface area contributed by atoms with Gasteiger partial charge < -0.3 is 15.5 Å². The molecule has 0 aliphatic rings. The number of ether oxygens (including phenoxy) is 1. The van der Waals surface area contributed by atoms with Gasteiger partial charge in [-0.05, 0) is 35.4 Å². The number of hydrogen-bond acceptors (Lipinski definition) is 5. The largest absolute Gasteiger partial charge is 0.495 e. The van der Waals surface area contributed by atoms with E-state index in [-0.39, 0.29) is 5.02 Å². The summed E-state index contributed by atoms with van der Waals surface area (Å²) in [5.74, 6) is 0.202. The van der Waals surface area contributed by atoms with E-state index >= 15 is 0 Å². The summed E-state index contributed by atoms with van der Waals surface area (Å²) in [6.45, 7) is 0.486. The van der Waals surface area contributed by atoms with Crippen molar-refractivity contribution in [1.82, 2.24) is 9.97 Å². The summed E-state index contributed by atoms with van der Waals surface area (Å²) in [6, 6.07) is 8.23. The van der Waals surface area contributed by atoms with E-state index < -0.39 is 5.82 Å². The molecule has 2 aromatic heterocycles. The number of halogens is 2. The Kier molecular flexibility index (Phi) is 5.43. The first-order valence-corrected chi connectivity index (χ1v) is 8.16. The van der Waals surface area contributed by atoms with E-state index in [9.17, 15) is 4.39 Å². The molecule has 132 valence electrons. The summed E-state index contributed by atoms with van der Waals surface area (Å²) in [5.41, 5.74) is 3.62. The predicted molar refractivity (Wildman–Crippen MR) is 101 cm³/mol. The van der Waals surface area contributed by atoms with Crippen LogP contribution < -0.4 is 10.1 Å². The minimum Gasteiger partial charge on any atom is -0.495 e. The molecule has 0 bridgehead atoms. The Morgan fingerprint density at radius 1 is 1.19 bits per heavy atom. The molecule has 1 aromatic carbocycles. The third-order valence-corrected chi connectivity index (χ3v) is 4.09. The topological polar surface area (TPSA) is 70.9 Å². The minimum atomic E-state index is -0.469. The lowest BCUT2D eigenvalue weighted by Gasteiger charge is -2.12. The third kappa shape index (κ3) is 3.97. The average Bonchev–Trinajstić information content (AvgIpc) is 2.68. The van der Waals surface area contributed by atoms with Gasteiger partial charge in [0, 0.05) is 30.7 Å². The van der Waals surface area contributed by atoms with E-state index in [4.69, 9.17) is 21.7 Å². The van der Waals surface area contributed by atoms with Crippen LogP contribution in [0.15, 0.2) is 48.9 Å². The van der Waals surface area contributed by atoms with E-state index in [0.29, 0.717) is 23.7 Å². The number of hydrogen-bond donors (Lipinski definition) is 2. The number of rotatable bonds is 6. The lowest BCUT2D eigenvalue weighted by atomic mass is 10.1. The van der Waals surface area contributed by atoms with Crippen molar-refractivity contribution in [2.45, 2.75) is 6.54 Å². The molecule has 0 unspecified atom stereocenters. The van der Waals surface area contributed by atoms with Crippen molar-refractivity contribution >= 4 is 23.5 Å². The molecular weight excluding hydrogens is 355 g/mol. The Bertz CT molecular complexity index is 949. The van der Waals surface area contributed by atoms with Crippen LogP contribution in [-0.4, -0.2) is 23.3 Å². The zero-order valence-corrected chi connectivity index (χ0v) is 14.7. The predicted octanol–water partition coefficient (Wildman–Crippen LogP) is 4.55. The number of aromatic nitrogens is 2. The van der Waals surface area contributed by atoms with Gasteiger partial charge >= 0.3 is 0 Å². The first-order valence-electron chi connectivity index (χ1n) is 7.78. The molecule has 5 nitrogen and oxygen atoms in total. The highest BCUT2D eigenvalue weighted by molar-refractivity contribution is 6.31. The van der Waals surface area contributed by atoms with Crippen LogP contribution in [0.2, 0.25) is 5.02 Å². The maximum atomic E-state index is 13.4. The van der Waals surface area contributed by atoms with Crippen molar-refractivity contribution in [3.05, 3.63) is 71.0 Å². The highest BCUT2D eigenvalue weighted by Crippen LogP contribution is 2.27. The highest BCUT2D eigenvalue weighted by atomic mass is 35.5. The molecular formula is C19H16ClFN4O. The zero-order chi connectivity index (χ0) is 18.5. The molecule has 0 saturated heterocycles. The molecule has 0 spiro atoms. The van der Waals surface area contributed by atoms with Crippen LogP contribution in [-0.2, 0) is 6.54 Å². The SMILES string of the molecule is COc1cncc(CNc2cc(-c3ccc(F)c(Cl)c3)cnc2C=N)c1. The van der Waals surface area contributed by atoms with Crippen LogP contribution in [0, 0.1) is 11.2 Å². The molecule has 0 atom stereocenters. The molecule has 0 amide bonds. The van der Waals surface area contributed by atoms with Crippen LogP contribution >= 0.6 is 11.6 Å². The molecule has 0 fully saturated rings. The highest BCUT2D eigenvalue weighted by Gasteiger charge is 2.08. The molecule has 2 N–H and O–H groups in total. The van der Waals surface area contributed by atoms with Gasteiger partial charge in [-0.2, -0.15) is 0 Å². The Balaban J connectivity index is 1.87. The number of nitrogens with zero attached hydrogens (tertiary/aromatic N) is 2. The second-order valence-corrected chi connectivity index (χ2v) is 5.92. The van der Waals surface area contributed by atoms with Gasteiger partial charge in [-0.15, -0.1) is 0 Å². The molecule has 7 heteroatoms. The van der Waals surface area contributed by atoms with Gasteiger partial charge in [0.25, 0.3) is 0 Å². The summed E-state index contributed by atoms with van der Waals surface area (Å²) in [4.78, 5) is 8.41. The molecule has 2 heterocycles. The van der Waals surface area contributed by atoms with Crippen LogP contribution in [0.1, 0.15) is 11.3 Å². The number of nitrogens with one attached hydrogen (secondary N) is 2. The minimum absolute atomic E-state index is 0.0515. The Hall–Kier alpha value is -2.99. The van der Waals surface area contributed by atoms with Gasteiger partial charge in [0.2, 0.25) is 0 Å². The number of pyridine rings is 2. The Morgan fingerprint density at radius 2 is 2.04 bits per heavy atom. The quantitative estimate of drug-likeness (QED) is 0.624. The van der Waals surface area contributed by atoms with Crippen LogP contribution in [0.25, 0.3) is 11.1 Å². The molecule has 0 aliphatic carbocycles. The lowest BCUT2D eigenvalue weighted by Crippen LogP contribution is -2.04. The van der Waals surface area contributed by atoms with Crippen LogP contribution in [0.3, 0.4) is 0 Å². The summed E-state index contributed by atoms with van der Waals surface area (Å²) in [6.07, 6.45) is 6.17. The zero-order valence-electron chi connectivity index (χ0n) is 14.0. The van der Waals surface area contributed by atoms with Crippen molar-refractivity contribution < 1.29 is 9.13 Å². The lowest BCUT2D eigenvalue weighted by molar-refractivity contribution is 0.412. The molecule has 0 aliphatic heterocycles. The second-order valence-electron chi connectivity index (χ2n) is 5.52. The third-order valence-electron chi connectivity index (χ3n) is 3.80. The summed E-state index contributed by atoms with van der Waals surface area (Å²) in [5, 5.41) is 10.8. The number of benzene rings is 1. The van der Waals surface area contributed by atoms with Gasteiger partial charge in [0.15, 0.2) is 0 Å². The summed E-state index contributed by atoms with van der Waals surface area (Å²) < 4.78 is 18.5. The maximum absolute atomic E-state index is 13.4. The van der Waals surface area contributed by atoms with Crippen molar-refractivity contribution in [3.63, 3.8) is 0 Å². The van der Waals surface area contributed by atoms with Crippen molar-refractivity contribution in [2.75, 3.05) is 12.4 Å². The first-order chi connectivity index (χ1) is 12.6. The molecule has 0 radical (unpaired) electrons. The monoisotopic (exact) mass is 370 g/mol. The Labute approximate surface area is 155 Å². The smallest absolute Gasteiger partial charge is 0.141 e. The van der Waals surface area contributed by atoms with Gasteiger partial charge in [-0.1, -0.05) is 17.7 Å².